The number of hydrogen-bond acceptors (Lipinski definition) is 3. The molecule has 1 aromatic rings. The molecule has 0 saturated carbocycles. The van der Waals surface area contributed by atoms with Gasteiger partial charge >= 0.3 is 6.03 Å². The second kappa shape index (κ2) is 4.83. The molecule has 0 aliphatic heterocycles. The van der Waals surface area contributed by atoms with Gasteiger partial charge in [0.1, 0.15) is 5.76 Å². The zero-order valence-corrected chi connectivity index (χ0v) is 10.00. The van der Waals surface area contributed by atoms with Crippen molar-refractivity contribution in [3.05, 3.63) is 24.1 Å². The number of hydrogen-bond donors (Lipinski definition) is 2. The molecular formula is C11H17N3O2. The zero-order chi connectivity index (χ0) is 12.2. The van der Waals surface area contributed by atoms with E-state index >= 15 is 0 Å². The van der Waals surface area contributed by atoms with Crippen LogP contribution in [0.5, 0.6) is 0 Å². The number of aromatic nitrogens is 1. The van der Waals surface area contributed by atoms with Gasteiger partial charge in [-0.25, -0.2) is 4.79 Å². The molecule has 2 N–H and O–H groups in total. The molecule has 1 rings (SSSR count). The quantitative estimate of drug-likeness (QED) is 0.810. The Morgan fingerprint density at radius 2 is 2.19 bits per heavy atom. The van der Waals surface area contributed by atoms with Crippen molar-refractivity contribution in [3.8, 4) is 0 Å². The number of nitrogens with one attached hydrogen (secondary N) is 2. The molecule has 0 saturated heterocycles. The van der Waals surface area contributed by atoms with E-state index in [0.717, 1.165) is 0 Å². The number of anilines is 1. The Balaban J connectivity index is 2.40. The van der Waals surface area contributed by atoms with Crippen LogP contribution in [0.2, 0.25) is 0 Å². The van der Waals surface area contributed by atoms with Gasteiger partial charge in [0.25, 0.3) is 0 Å². The predicted octanol–water partition coefficient (Wildman–Crippen LogP) is 2.66. The molecular weight excluding hydrogens is 206 g/mol. The minimum absolute atomic E-state index is 0.0394. The first-order valence-corrected chi connectivity index (χ1v) is 5.05. The fraction of sp³-hybridized carbons (Fsp3) is 0.455. The smallest absolute Gasteiger partial charge is 0.324 e. The van der Waals surface area contributed by atoms with E-state index in [4.69, 9.17) is 4.52 Å². The van der Waals surface area contributed by atoms with E-state index < -0.39 is 0 Å². The highest BCUT2D eigenvalue weighted by Crippen LogP contribution is 2.13. The van der Waals surface area contributed by atoms with Gasteiger partial charge in [-0.1, -0.05) is 32.0 Å². The van der Waals surface area contributed by atoms with Gasteiger partial charge in [-0.15, -0.1) is 0 Å². The topological polar surface area (TPSA) is 67.2 Å². The number of rotatable bonds is 2. The molecule has 2 amide bonds. The molecule has 5 nitrogen and oxygen atoms in total. The average molecular weight is 223 g/mol. The first kappa shape index (κ1) is 12.3. The Morgan fingerprint density at radius 3 is 2.69 bits per heavy atom. The highest BCUT2D eigenvalue weighted by molar-refractivity contribution is 5.88. The molecule has 5 heteroatoms. The summed E-state index contributed by atoms with van der Waals surface area (Å²) in [4.78, 5) is 11.4. The molecule has 0 aliphatic rings. The van der Waals surface area contributed by atoms with E-state index in [0.29, 0.717) is 11.6 Å². The molecule has 0 fully saturated rings. The van der Waals surface area contributed by atoms with Crippen molar-refractivity contribution in [2.45, 2.75) is 27.7 Å². The SMILES string of the molecule is Cc1cc(NC(=O)N/C=C/C(C)(C)C)no1. The monoisotopic (exact) mass is 223 g/mol. The van der Waals surface area contributed by atoms with Crippen LogP contribution in [0.25, 0.3) is 0 Å². The van der Waals surface area contributed by atoms with Crippen LogP contribution >= 0.6 is 0 Å². The number of carbonyl (C=O) groups is 1. The number of carbonyl (C=O) groups excluding carboxylic acids is 1. The van der Waals surface area contributed by atoms with Crippen LogP contribution < -0.4 is 10.6 Å². The summed E-state index contributed by atoms with van der Waals surface area (Å²) in [6.45, 7) is 7.90. The number of aryl methyl sites for hydroxylation is 1. The molecule has 16 heavy (non-hydrogen) atoms. The van der Waals surface area contributed by atoms with E-state index in [1.165, 1.54) is 0 Å². The van der Waals surface area contributed by atoms with Crippen LogP contribution in [0.4, 0.5) is 10.6 Å². The Kier molecular flexibility index (Phi) is 3.71. The lowest BCUT2D eigenvalue weighted by molar-refractivity contribution is 0.254. The van der Waals surface area contributed by atoms with Crippen molar-refractivity contribution < 1.29 is 9.32 Å². The fourth-order valence-corrected chi connectivity index (χ4v) is 0.945. The summed E-state index contributed by atoms with van der Waals surface area (Å²) in [5.41, 5.74) is 0.0394. The minimum atomic E-state index is -0.339. The Labute approximate surface area is 94.9 Å². The number of amides is 2. The number of nitrogens with zero attached hydrogens (tertiary/aromatic N) is 1. The van der Waals surface area contributed by atoms with Gasteiger partial charge in [-0.05, 0) is 12.3 Å². The summed E-state index contributed by atoms with van der Waals surface area (Å²) in [7, 11) is 0. The van der Waals surface area contributed by atoms with Crippen molar-refractivity contribution in [1.82, 2.24) is 10.5 Å². The molecule has 0 spiro atoms. The molecule has 0 aromatic carbocycles. The summed E-state index contributed by atoms with van der Waals surface area (Å²) >= 11 is 0. The number of urea groups is 1. The molecule has 0 unspecified atom stereocenters. The van der Waals surface area contributed by atoms with Crippen LogP contribution in [-0.2, 0) is 0 Å². The molecule has 88 valence electrons. The zero-order valence-electron chi connectivity index (χ0n) is 10.00. The summed E-state index contributed by atoms with van der Waals surface area (Å²) in [6, 6.07) is 1.31. The van der Waals surface area contributed by atoms with Crippen molar-refractivity contribution >= 4 is 11.8 Å². The number of allylic oxidation sites excluding steroid dienone is 1. The molecule has 1 heterocycles. The van der Waals surface area contributed by atoms with Gasteiger partial charge in [0.05, 0.1) is 0 Å². The Hall–Kier alpha value is -1.78. The standard InChI is InChI=1S/C11H17N3O2/c1-8-7-9(14-16-8)13-10(15)12-6-5-11(2,3)4/h5-7H,1-4H3,(H2,12,13,14,15)/b6-5+. The van der Waals surface area contributed by atoms with E-state index in [2.05, 4.69) is 15.8 Å². The first-order valence-electron chi connectivity index (χ1n) is 5.05. The molecule has 0 bridgehead atoms. The minimum Gasteiger partial charge on any atom is -0.360 e. The summed E-state index contributed by atoms with van der Waals surface area (Å²) in [5.74, 6) is 1.06. The third kappa shape index (κ3) is 4.63. The third-order valence-electron chi connectivity index (χ3n) is 1.67. The predicted molar refractivity (Wildman–Crippen MR) is 62.0 cm³/mol. The molecule has 1 aromatic heterocycles. The van der Waals surface area contributed by atoms with E-state index in [1.54, 1.807) is 19.2 Å². The molecule has 0 aliphatic carbocycles. The maximum Gasteiger partial charge on any atom is 0.324 e. The van der Waals surface area contributed by atoms with Crippen molar-refractivity contribution in [3.63, 3.8) is 0 Å². The van der Waals surface area contributed by atoms with Gasteiger partial charge in [-0.3, -0.25) is 5.32 Å². The van der Waals surface area contributed by atoms with Crippen molar-refractivity contribution in [2.75, 3.05) is 5.32 Å². The normalized spacial score (nSPS) is 11.8. The first-order chi connectivity index (χ1) is 7.37. The lowest BCUT2D eigenvalue weighted by Crippen LogP contribution is -2.24. The maximum absolute atomic E-state index is 11.4. The van der Waals surface area contributed by atoms with Gasteiger partial charge < -0.3 is 9.84 Å². The second-order valence-electron chi connectivity index (χ2n) is 4.62. The van der Waals surface area contributed by atoms with E-state index in [9.17, 15) is 4.79 Å². The van der Waals surface area contributed by atoms with Crippen LogP contribution in [0.1, 0.15) is 26.5 Å². The highest BCUT2D eigenvalue weighted by atomic mass is 16.5. The average Bonchev–Trinajstić information content (AvgIpc) is 2.48. The summed E-state index contributed by atoms with van der Waals surface area (Å²) in [6.07, 6.45) is 3.52. The second-order valence-corrected chi connectivity index (χ2v) is 4.62. The lowest BCUT2D eigenvalue weighted by atomic mass is 9.97. The van der Waals surface area contributed by atoms with Crippen LogP contribution in [0.3, 0.4) is 0 Å². The molecule has 0 atom stereocenters. The summed E-state index contributed by atoms with van der Waals surface area (Å²) in [5, 5.41) is 8.77. The fourth-order valence-electron chi connectivity index (χ4n) is 0.945. The highest BCUT2D eigenvalue weighted by Gasteiger charge is 2.06. The van der Waals surface area contributed by atoms with Crippen LogP contribution in [0.15, 0.2) is 22.9 Å². The maximum atomic E-state index is 11.4. The van der Waals surface area contributed by atoms with Crippen molar-refractivity contribution in [1.29, 1.82) is 0 Å². The molecule has 0 radical (unpaired) electrons. The van der Waals surface area contributed by atoms with Gasteiger partial charge in [0.2, 0.25) is 0 Å². The summed E-state index contributed by atoms with van der Waals surface area (Å²) < 4.78 is 4.81. The van der Waals surface area contributed by atoms with Crippen LogP contribution in [0, 0.1) is 12.3 Å². The van der Waals surface area contributed by atoms with Crippen molar-refractivity contribution in [2.24, 2.45) is 5.41 Å². The van der Waals surface area contributed by atoms with Gasteiger partial charge in [0, 0.05) is 12.3 Å². The Morgan fingerprint density at radius 1 is 1.50 bits per heavy atom. The van der Waals surface area contributed by atoms with E-state index in [-0.39, 0.29) is 11.4 Å². The van der Waals surface area contributed by atoms with Crippen LogP contribution in [-0.4, -0.2) is 11.2 Å². The van der Waals surface area contributed by atoms with E-state index in [1.807, 2.05) is 26.8 Å². The van der Waals surface area contributed by atoms with Gasteiger partial charge in [-0.2, -0.15) is 0 Å². The largest absolute Gasteiger partial charge is 0.360 e. The third-order valence-corrected chi connectivity index (χ3v) is 1.67. The Bertz CT molecular complexity index is 388. The van der Waals surface area contributed by atoms with Gasteiger partial charge in [0.15, 0.2) is 5.82 Å². The lowest BCUT2D eigenvalue weighted by Gasteiger charge is -2.10.